The molecule has 0 amide bonds. The maximum Gasteiger partial charge on any atom is 0.270 e. The number of nitrogens with one attached hydrogen (secondary N) is 1. The standard InChI is InChI=1S/C12H15N3O3/c1-8(2)12(16)7-14-11-4-3-10(15(17)18)5-9(11)6-13/h3-5,8,12,14,16H,7H2,1-2H3. The molecule has 96 valence electrons. The van der Waals surface area contributed by atoms with Crippen molar-refractivity contribution in [2.45, 2.75) is 20.0 Å². The van der Waals surface area contributed by atoms with Gasteiger partial charge in [-0.2, -0.15) is 5.26 Å². The lowest BCUT2D eigenvalue weighted by molar-refractivity contribution is -0.384. The van der Waals surface area contributed by atoms with E-state index >= 15 is 0 Å². The minimum absolute atomic E-state index is 0.0982. The van der Waals surface area contributed by atoms with Gasteiger partial charge in [-0.3, -0.25) is 10.1 Å². The molecule has 1 unspecified atom stereocenters. The van der Waals surface area contributed by atoms with E-state index in [4.69, 9.17) is 5.26 Å². The van der Waals surface area contributed by atoms with Crippen molar-refractivity contribution in [2.24, 2.45) is 5.92 Å². The first-order chi connectivity index (χ1) is 8.45. The molecule has 1 aromatic carbocycles. The number of hydrogen-bond donors (Lipinski definition) is 2. The van der Waals surface area contributed by atoms with Crippen LogP contribution in [-0.4, -0.2) is 22.7 Å². The zero-order chi connectivity index (χ0) is 13.7. The Kier molecular flexibility index (Phi) is 4.63. The molecular formula is C12H15N3O3. The molecule has 1 atom stereocenters. The molecule has 6 heteroatoms. The van der Waals surface area contributed by atoms with E-state index in [0.29, 0.717) is 12.2 Å². The first-order valence-electron chi connectivity index (χ1n) is 5.56. The lowest BCUT2D eigenvalue weighted by Gasteiger charge is -2.16. The zero-order valence-corrected chi connectivity index (χ0v) is 10.3. The molecule has 0 aliphatic carbocycles. The number of aliphatic hydroxyl groups is 1. The van der Waals surface area contributed by atoms with Gasteiger partial charge in [0.05, 0.1) is 22.3 Å². The Morgan fingerprint density at radius 1 is 1.56 bits per heavy atom. The summed E-state index contributed by atoms with van der Waals surface area (Å²) in [4.78, 5) is 10.0. The van der Waals surface area contributed by atoms with E-state index in [1.165, 1.54) is 18.2 Å². The molecular weight excluding hydrogens is 234 g/mol. The fourth-order valence-corrected chi connectivity index (χ4v) is 1.34. The zero-order valence-electron chi connectivity index (χ0n) is 10.3. The maximum absolute atomic E-state index is 10.6. The third kappa shape index (κ3) is 3.43. The van der Waals surface area contributed by atoms with Crippen LogP contribution < -0.4 is 5.32 Å². The van der Waals surface area contributed by atoms with Crippen LogP contribution in [0.2, 0.25) is 0 Å². The van der Waals surface area contributed by atoms with Crippen LogP contribution in [-0.2, 0) is 0 Å². The smallest absolute Gasteiger partial charge is 0.270 e. The highest BCUT2D eigenvalue weighted by molar-refractivity contribution is 5.61. The van der Waals surface area contributed by atoms with Crippen LogP contribution in [0.3, 0.4) is 0 Å². The number of nitrogens with zero attached hydrogens (tertiary/aromatic N) is 2. The molecule has 0 radical (unpaired) electrons. The molecule has 1 aromatic rings. The second-order valence-electron chi connectivity index (χ2n) is 4.29. The quantitative estimate of drug-likeness (QED) is 0.613. The molecule has 0 saturated heterocycles. The van der Waals surface area contributed by atoms with Gasteiger partial charge in [-0.1, -0.05) is 13.8 Å². The number of nitro benzene ring substituents is 1. The van der Waals surface area contributed by atoms with Crippen LogP contribution in [0.15, 0.2) is 18.2 Å². The summed E-state index contributed by atoms with van der Waals surface area (Å²) in [6, 6.07) is 5.91. The van der Waals surface area contributed by atoms with E-state index in [-0.39, 0.29) is 17.2 Å². The minimum Gasteiger partial charge on any atom is -0.391 e. The second-order valence-corrected chi connectivity index (χ2v) is 4.29. The minimum atomic E-state index is -0.548. The molecule has 1 rings (SSSR count). The van der Waals surface area contributed by atoms with Crippen LogP contribution >= 0.6 is 0 Å². The summed E-state index contributed by atoms with van der Waals surface area (Å²) in [6.45, 7) is 4.06. The molecule has 18 heavy (non-hydrogen) atoms. The molecule has 2 N–H and O–H groups in total. The van der Waals surface area contributed by atoms with Crippen molar-refractivity contribution in [3.63, 3.8) is 0 Å². The summed E-state index contributed by atoms with van der Waals surface area (Å²) in [7, 11) is 0. The normalized spacial score (nSPS) is 11.9. The predicted octanol–water partition coefficient (Wildman–Crippen LogP) is 1.90. The van der Waals surface area contributed by atoms with E-state index in [0.717, 1.165) is 0 Å². The maximum atomic E-state index is 10.6. The first kappa shape index (κ1) is 13.9. The van der Waals surface area contributed by atoms with Gasteiger partial charge < -0.3 is 10.4 Å². The lowest BCUT2D eigenvalue weighted by Crippen LogP contribution is -2.25. The lowest BCUT2D eigenvalue weighted by atomic mass is 10.1. The van der Waals surface area contributed by atoms with Gasteiger partial charge in [0.2, 0.25) is 0 Å². The van der Waals surface area contributed by atoms with Crippen LogP contribution in [0.1, 0.15) is 19.4 Å². The van der Waals surface area contributed by atoms with Gasteiger partial charge in [0.25, 0.3) is 5.69 Å². The Balaban J connectivity index is 2.84. The van der Waals surface area contributed by atoms with Crippen molar-refractivity contribution in [3.8, 4) is 6.07 Å². The van der Waals surface area contributed by atoms with Crippen LogP contribution in [0, 0.1) is 27.4 Å². The predicted molar refractivity (Wildman–Crippen MR) is 67.1 cm³/mol. The summed E-state index contributed by atoms with van der Waals surface area (Å²) in [5.74, 6) is 0.0982. The molecule has 0 spiro atoms. The van der Waals surface area contributed by atoms with E-state index in [9.17, 15) is 15.2 Å². The summed E-state index contributed by atoms with van der Waals surface area (Å²) >= 11 is 0. The highest BCUT2D eigenvalue weighted by Gasteiger charge is 2.13. The summed E-state index contributed by atoms with van der Waals surface area (Å²) in [5, 5.41) is 32.1. The van der Waals surface area contributed by atoms with E-state index < -0.39 is 11.0 Å². The highest BCUT2D eigenvalue weighted by atomic mass is 16.6. The number of rotatable bonds is 5. The Labute approximate surface area is 105 Å². The van der Waals surface area contributed by atoms with E-state index in [1.54, 1.807) is 0 Å². The number of nitriles is 1. The van der Waals surface area contributed by atoms with Crippen molar-refractivity contribution in [1.82, 2.24) is 0 Å². The molecule has 0 bridgehead atoms. The Morgan fingerprint density at radius 3 is 2.72 bits per heavy atom. The Bertz CT molecular complexity index is 480. The fraction of sp³-hybridized carbons (Fsp3) is 0.417. The van der Waals surface area contributed by atoms with Crippen molar-refractivity contribution in [2.75, 3.05) is 11.9 Å². The van der Waals surface area contributed by atoms with Crippen LogP contribution in [0.5, 0.6) is 0 Å². The SMILES string of the molecule is CC(C)C(O)CNc1ccc([N+](=O)[O-])cc1C#N. The fourth-order valence-electron chi connectivity index (χ4n) is 1.34. The third-order valence-electron chi connectivity index (χ3n) is 2.61. The number of anilines is 1. The average molecular weight is 249 g/mol. The second kappa shape index (κ2) is 5.98. The van der Waals surface area contributed by atoms with Gasteiger partial charge in [-0.05, 0) is 12.0 Å². The number of benzene rings is 1. The summed E-state index contributed by atoms with van der Waals surface area (Å²) < 4.78 is 0. The van der Waals surface area contributed by atoms with Gasteiger partial charge in [0.1, 0.15) is 6.07 Å². The molecule has 0 saturated carbocycles. The summed E-state index contributed by atoms with van der Waals surface area (Å²) in [6.07, 6.45) is -0.535. The van der Waals surface area contributed by atoms with Gasteiger partial charge >= 0.3 is 0 Å². The monoisotopic (exact) mass is 249 g/mol. The van der Waals surface area contributed by atoms with Crippen LogP contribution in [0.25, 0.3) is 0 Å². The van der Waals surface area contributed by atoms with Gasteiger partial charge in [-0.15, -0.1) is 0 Å². The van der Waals surface area contributed by atoms with Gasteiger partial charge in [-0.25, -0.2) is 0 Å². The molecule has 6 nitrogen and oxygen atoms in total. The Hall–Kier alpha value is -2.13. The molecule has 0 aliphatic heterocycles. The van der Waals surface area contributed by atoms with Crippen molar-refractivity contribution < 1.29 is 10.0 Å². The molecule has 0 aliphatic rings. The van der Waals surface area contributed by atoms with E-state index in [2.05, 4.69) is 5.32 Å². The van der Waals surface area contributed by atoms with Gasteiger partial charge in [0.15, 0.2) is 0 Å². The van der Waals surface area contributed by atoms with E-state index in [1.807, 2.05) is 19.9 Å². The van der Waals surface area contributed by atoms with Crippen LogP contribution in [0.4, 0.5) is 11.4 Å². The average Bonchev–Trinajstić information content (AvgIpc) is 2.35. The number of nitro groups is 1. The number of aliphatic hydroxyl groups excluding tert-OH is 1. The molecule has 0 aromatic heterocycles. The first-order valence-corrected chi connectivity index (χ1v) is 5.56. The topological polar surface area (TPSA) is 99.2 Å². The largest absolute Gasteiger partial charge is 0.391 e. The van der Waals surface area contributed by atoms with Crippen molar-refractivity contribution >= 4 is 11.4 Å². The summed E-state index contributed by atoms with van der Waals surface area (Å²) in [5.41, 5.74) is 0.560. The molecule has 0 heterocycles. The highest BCUT2D eigenvalue weighted by Crippen LogP contribution is 2.21. The number of non-ortho nitro benzene ring substituents is 1. The van der Waals surface area contributed by atoms with Crippen molar-refractivity contribution in [1.29, 1.82) is 5.26 Å². The third-order valence-corrected chi connectivity index (χ3v) is 2.61. The van der Waals surface area contributed by atoms with Crippen molar-refractivity contribution in [3.05, 3.63) is 33.9 Å². The van der Waals surface area contributed by atoms with Gasteiger partial charge in [0, 0.05) is 18.7 Å². The molecule has 0 fully saturated rings. The Morgan fingerprint density at radius 2 is 2.22 bits per heavy atom. The number of hydrogen-bond acceptors (Lipinski definition) is 5.